The molecule has 0 fully saturated rings. The lowest BCUT2D eigenvalue weighted by molar-refractivity contribution is -0.389. The van der Waals surface area contributed by atoms with Crippen LogP contribution < -0.4 is 9.64 Å². The summed E-state index contributed by atoms with van der Waals surface area (Å²) in [6.07, 6.45) is -0.952. The van der Waals surface area contributed by atoms with Crippen LogP contribution in [0, 0.1) is 10.1 Å². The van der Waals surface area contributed by atoms with Crippen molar-refractivity contribution in [2.24, 2.45) is 0 Å². The number of nitrogens with zero attached hydrogens (tertiary/aromatic N) is 3. The molecule has 26 heavy (non-hydrogen) atoms. The normalized spacial score (nSPS) is 17.2. The molecular formula is C17H15N3O6. The molecule has 1 aliphatic rings. The minimum absolute atomic E-state index is 0.104. The van der Waals surface area contributed by atoms with Crippen molar-refractivity contribution in [1.82, 2.24) is 4.98 Å². The summed E-state index contributed by atoms with van der Waals surface area (Å²) in [6, 6.07) is 9.87. The molecule has 2 aromatic rings. The molecule has 2 atom stereocenters. The fraction of sp³-hybridized carbons (Fsp3) is 0.235. The first-order chi connectivity index (χ1) is 12.4. The zero-order chi connectivity index (χ0) is 18.8. The molecule has 0 aliphatic carbocycles. The van der Waals surface area contributed by atoms with Crippen LogP contribution in [0.25, 0.3) is 0 Å². The van der Waals surface area contributed by atoms with Crippen LogP contribution >= 0.6 is 0 Å². The molecule has 2 heterocycles. The molecular weight excluding hydrogens is 342 g/mol. The average Bonchev–Trinajstić information content (AvgIpc) is 2.63. The van der Waals surface area contributed by atoms with Crippen molar-refractivity contribution in [1.29, 1.82) is 0 Å². The first-order valence-corrected chi connectivity index (χ1v) is 7.87. The van der Waals surface area contributed by atoms with E-state index >= 15 is 0 Å². The predicted octanol–water partition coefficient (Wildman–Crippen LogP) is 2.32. The third-order valence-electron chi connectivity index (χ3n) is 4.03. The number of carbonyl (C=O) groups excluding carboxylic acids is 1. The summed E-state index contributed by atoms with van der Waals surface area (Å²) in [5.74, 6) is -2.40. The Morgan fingerprint density at radius 3 is 2.62 bits per heavy atom. The maximum atomic E-state index is 13.0. The Morgan fingerprint density at radius 2 is 2.04 bits per heavy atom. The summed E-state index contributed by atoms with van der Waals surface area (Å²) >= 11 is 0. The van der Waals surface area contributed by atoms with Crippen molar-refractivity contribution >= 4 is 23.5 Å². The predicted molar refractivity (Wildman–Crippen MR) is 89.9 cm³/mol. The zero-order valence-electron chi connectivity index (χ0n) is 13.7. The largest absolute Gasteiger partial charge is 0.480 e. The molecule has 1 N–H and O–H groups in total. The summed E-state index contributed by atoms with van der Waals surface area (Å²) < 4.78 is 5.70. The van der Waals surface area contributed by atoms with Crippen LogP contribution in [0.2, 0.25) is 0 Å². The second-order valence-electron chi connectivity index (χ2n) is 5.63. The minimum atomic E-state index is -1.23. The van der Waals surface area contributed by atoms with Gasteiger partial charge in [-0.2, -0.15) is 0 Å². The number of rotatable bonds is 5. The van der Waals surface area contributed by atoms with Crippen molar-refractivity contribution in [3.05, 3.63) is 58.1 Å². The first-order valence-electron chi connectivity index (χ1n) is 7.87. The van der Waals surface area contributed by atoms with Gasteiger partial charge in [0.05, 0.1) is 0 Å². The van der Waals surface area contributed by atoms with E-state index in [9.17, 15) is 24.8 Å². The highest BCUT2D eigenvalue weighted by Gasteiger charge is 2.44. The van der Waals surface area contributed by atoms with Gasteiger partial charge in [-0.3, -0.25) is 9.69 Å². The number of carbonyl (C=O) groups is 2. The summed E-state index contributed by atoms with van der Waals surface area (Å²) in [5, 5.41) is 20.5. The molecule has 0 saturated carbocycles. The molecule has 1 amide bonds. The van der Waals surface area contributed by atoms with E-state index in [-0.39, 0.29) is 18.0 Å². The van der Waals surface area contributed by atoms with Crippen LogP contribution in [-0.4, -0.2) is 32.9 Å². The van der Waals surface area contributed by atoms with Gasteiger partial charge in [0.2, 0.25) is 6.10 Å². The van der Waals surface area contributed by atoms with Crippen molar-refractivity contribution in [2.45, 2.75) is 25.5 Å². The van der Waals surface area contributed by atoms with Gasteiger partial charge in [-0.25, -0.2) is 4.79 Å². The molecule has 9 nitrogen and oxygen atoms in total. The first kappa shape index (κ1) is 17.3. The number of fused-ring (bicyclic) bond motifs is 1. The number of anilines is 1. The van der Waals surface area contributed by atoms with E-state index in [0.29, 0.717) is 5.56 Å². The SMILES string of the molecule is CCC(C(=O)O)N1C(=O)C(c2ccccc2)Oc2ccc([N+](=O)[O-])nc21. The van der Waals surface area contributed by atoms with Gasteiger partial charge in [-0.1, -0.05) is 37.3 Å². The molecule has 1 aromatic carbocycles. The Hall–Kier alpha value is -3.49. The molecule has 3 rings (SSSR count). The van der Waals surface area contributed by atoms with E-state index in [1.165, 1.54) is 6.07 Å². The van der Waals surface area contributed by atoms with Crippen LogP contribution in [0.3, 0.4) is 0 Å². The van der Waals surface area contributed by atoms with Gasteiger partial charge in [-0.15, -0.1) is 0 Å². The van der Waals surface area contributed by atoms with Gasteiger partial charge < -0.3 is 20.0 Å². The molecule has 1 aromatic heterocycles. The minimum Gasteiger partial charge on any atom is -0.480 e. The van der Waals surface area contributed by atoms with Gasteiger partial charge in [0.1, 0.15) is 6.04 Å². The number of nitro groups is 1. The van der Waals surface area contributed by atoms with E-state index in [2.05, 4.69) is 4.98 Å². The van der Waals surface area contributed by atoms with E-state index in [1.54, 1.807) is 37.3 Å². The van der Waals surface area contributed by atoms with Crippen LogP contribution in [-0.2, 0) is 9.59 Å². The number of ether oxygens (including phenoxy) is 1. The molecule has 134 valence electrons. The molecule has 2 unspecified atom stereocenters. The fourth-order valence-corrected chi connectivity index (χ4v) is 2.81. The third kappa shape index (κ3) is 2.94. The van der Waals surface area contributed by atoms with Crippen molar-refractivity contribution in [3.63, 3.8) is 0 Å². The van der Waals surface area contributed by atoms with E-state index < -0.39 is 34.8 Å². The maximum Gasteiger partial charge on any atom is 0.366 e. The van der Waals surface area contributed by atoms with Gasteiger partial charge in [0.25, 0.3) is 11.7 Å². The quantitative estimate of drug-likeness (QED) is 0.643. The maximum absolute atomic E-state index is 13.0. The molecule has 0 radical (unpaired) electrons. The smallest absolute Gasteiger partial charge is 0.366 e. The van der Waals surface area contributed by atoms with Crippen molar-refractivity contribution in [2.75, 3.05) is 4.90 Å². The number of benzene rings is 1. The van der Waals surface area contributed by atoms with Crippen LogP contribution in [0.15, 0.2) is 42.5 Å². The number of carboxylic acids is 1. The number of hydrogen-bond donors (Lipinski definition) is 1. The number of hydrogen-bond acceptors (Lipinski definition) is 6. The number of pyridine rings is 1. The fourth-order valence-electron chi connectivity index (χ4n) is 2.81. The Bertz CT molecular complexity index is 870. The standard InChI is InChI=1S/C17H15N3O6/c1-2-11(17(22)23)19-15-12(8-9-13(18-15)20(24)25)26-14(16(19)21)10-6-4-3-5-7-10/h3-9,11,14H,2H2,1H3,(H,22,23). The second-order valence-corrected chi connectivity index (χ2v) is 5.63. The average molecular weight is 357 g/mol. The van der Waals surface area contributed by atoms with Crippen LogP contribution in [0.1, 0.15) is 25.0 Å². The Labute approximate surface area is 148 Å². The highest BCUT2D eigenvalue weighted by Crippen LogP contribution is 2.40. The van der Waals surface area contributed by atoms with Crippen molar-refractivity contribution < 1.29 is 24.4 Å². The number of aliphatic carboxylic acids is 1. The van der Waals surface area contributed by atoms with Crippen LogP contribution in [0.5, 0.6) is 5.75 Å². The molecule has 0 bridgehead atoms. The second kappa shape index (κ2) is 6.79. The highest BCUT2D eigenvalue weighted by molar-refractivity contribution is 6.04. The van der Waals surface area contributed by atoms with Crippen molar-refractivity contribution in [3.8, 4) is 5.75 Å². The summed E-state index contributed by atoms with van der Waals surface area (Å²) in [5.41, 5.74) is 0.548. The zero-order valence-corrected chi connectivity index (χ0v) is 13.7. The lowest BCUT2D eigenvalue weighted by Crippen LogP contribution is -2.50. The monoisotopic (exact) mass is 357 g/mol. The number of carboxylic acid groups (broad SMARTS) is 1. The van der Waals surface area contributed by atoms with E-state index in [4.69, 9.17) is 4.74 Å². The molecule has 1 aliphatic heterocycles. The molecule has 0 spiro atoms. The van der Waals surface area contributed by atoms with E-state index in [1.807, 2.05) is 0 Å². The summed E-state index contributed by atoms with van der Waals surface area (Å²) in [6.45, 7) is 1.61. The highest BCUT2D eigenvalue weighted by atomic mass is 16.6. The van der Waals surface area contributed by atoms with Crippen LogP contribution in [0.4, 0.5) is 11.6 Å². The number of aromatic nitrogens is 1. The van der Waals surface area contributed by atoms with Gasteiger partial charge in [0.15, 0.2) is 5.75 Å². The van der Waals surface area contributed by atoms with Gasteiger partial charge >= 0.3 is 11.8 Å². The summed E-state index contributed by atoms with van der Waals surface area (Å²) in [7, 11) is 0. The lowest BCUT2D eigenvalue weighted by atomic mass is 10.0. The molecule has 9 heteroatoms. The van der Waals surface area contributed by atoms with Gasteiger partial charge in [0, 0.05) is 11.6 Å². The third-order valence-corrected chi connectivity index (χ3v) is 4.03. The topological polar surface area (TPSA) is 123 Å². The lowest BCUT2D eigenvalue weighted by Gasteiger charge is -2.34. The summed E-state index contributed by atoms with van der Waals surface area (Å²) in [4.78, 5) is 39.8. The van der Waals surface area contributed by atoms with Gasteiger partial charge in [-0.05, 0) is 22.4 Å². The Morgan fingerprint density at radius 1 is 1.35 bits per heavy atom. The Balaban J connectivity index is 2.15. The Kier molecular flexibility index (Phi) is 4.53. The molecule has 0 saturated heterocycles. The van der Waals surface area contributed by atoms with E-state index in [0.717, 1.165) is 11.0 Å². The number of amides is 1.